The lowest BCUT2D eigenvalue weighted by Crippen LogP contribution is -2.20. The lowest BCUT2D eigenvalue weighted by molar-refractivity contribution is -0.386. The Morgan fingerprint density at radius 2 is 2.06 bits per heavy atom. The highest BCUT2D eigenvalue weighted by molar-refractivity contribution is 5.54. The molecule has 0 aliphatic heterocycles. The molecule has 16 heavy (non-hydrogen) atoms. The molecule has 1 aromatic carbocycles. The van der Waals surface area contributed by atoms with Gasteiger partial charge in [0.15, 0.2) is 0 Å². The zero-order valence-corrected chi connectivity index (χ0v) is 8.35. The second-order valence-corrected chi connectivity index (χ2v) is 3.28. The molecule has 0 radical (unpaired) electrons. The van der Waals surface area contributed by atoms with E-state index in [1.807, 2.05) is 0 Å². The zero-order valence-electron chi connectivity index (χ0n) is 8.35. The number of alkyl halides is 2. The Kier molecular flexibility index (Phi) is 3.38. The van der Waals surface area contributed by atoms with Crippen LogP contribution in [0.25, 0.3) is 0 Å². The third kappa shape index (κ3) is 2.08. The first-order valence-electron chi connectivity index (χ1n) is 4.36. The van der Waals surface area contributed by atoms with Crippen LogP contribution < -0.4 is 5.73 Å². The lowest BCUT2D eigenvalue weighted by Gasteiger charge is -2.14. The topological polar surface area (TPSA) is 89.4 Å². The van der Waals surface area contributed by atoms with Crippen molar-refractivity contribution in [3.05, 3.63) is 33.4 Å². The molecule has 0 unspecified atom stereocenters. The molecule has 0 aliphatic rings. The molecule has 0 spiro atoms. The molecular formula is C9H10F2N2O3. The van der Waals surface area contributed by atoms with Crippen LogP contribution in [-0.4, -0.2) is 16.5 Å². The summed E-state index contributed by atoms with van der Waals surface area (Å²) in [5.74, 6) is -0.554. The van der Waals surface area contributed by atoms with Gasteiger partial charge >= 0.3 is 0 Å². The molecule has 0 amide bonds. The van der Waals surface area contributed by atoms with Crippen LogP contribution in [0.2, 0.25) is 0 Å². The van der Waals surface area contributed by atoms with E-state index in [0.29, 0.717) is 0 Å². The van der Waals surface area contributed by atoms with E-state index in [1.165, 1.54) is 13.0 Å². The van der Waals surface area contributed by atoms with Crippen LogP contribution in [0.1, 0.15) is 17.2 Å². The fraction of sp³-hybridized carbons (Fsp3) is 0.333. The van der Waals surface area contributed by atoms with Crippen LogP contribution in [0.4, 0.5) is 14.5 Å². The number of nitrogens with two attached hydrogens (primary N) is 1. The van der Waals surface area contributed by atoms with Gasteiger partial charge in [-0.3, -0.25) is 10.1 Å². The third-order valence-electron chi connectivity index (χ3n) is 2.20. The Balaban J connectivity index is 3.43. The fourth-order valence-electron chi connectivity index (χ4n) is 1.32. The van der Waals surface area contributed by atoms with Gasteiger partial charge in [-0.05, 0) is 18.6 Å². The molecule has 0 aromatic heterocycles. The van der Waals surface area contributed by atoms with E-state index in [9.17, 15) is 24.0 Å². The lowest BCUT2D eigenvalue weighted by atomic mass is 10.0. The summed E-state index contributed by atoms with van der Waals surface area (Å²) in [5, 5.41) is 20.1. The Morgan fingerprint density at radius 1 is 1.50 bits per heavy atom. The van der Waals surface area contributed by atoms with Gasteiger partial charge in [0.2, 0.25) is 0 Å². The molecule has 0 heterocycles. The first-order chi connectivity index (χ1) is 7.36. The molecule has 0 fully saturated rings. The number of phenolic OH excluding ortho intramolecular Hbond substituents is 1. The molecule has 0 saturated heterocycles. The minimum Gasteiger partial charge on any atom is -0.507 e. The van der Waals surface area contributed by atoms with Crippen molar-refractivity contribution in [2.45, 2.75) is 19.4 Å². The number of rotatable bonds is 3. The molecule has 7 heteroatoms. The van der Waals surface area contributed by atoms with Crippen molar-refractivity contribution in [1.82, 2.24) is 0 Å². The van der Waals surface area contributed by atoms with Crippen molar-refractivity contribution in [3.8, 4) is 5.75 Å². The number of aromatic hydroxyl groups is 1. The normalized spacial score (nSPS) is 12.8. The Labute approximate surface area is 89.6 Å². The van der Waals surface area contributed by atoms with Gasteiger partial charge in [0.25, 0.3) is 12.1 Å². The second-order valence-electron chi connectivity index (χ2n) is 3.28. The van der Waals surface area contributed by atoms with Gasteiger partial charge in [0, 0.05) is 6.07 Å². The SMILES string of the molecule is Cc1ccc([N+](=O)[O-])c([C@@H](N)C(F)F)c1O. The van der Waals surface area contributed by atoms with Crippen molar-refractivity contribution < 1.29 is 18.8 Å². The predicted octanol–water partition coefficient (Wildman–Crippen LogP) is 1.87. The largest absolute Gasteiger partial charge is 0.507 e. The third-order valence-corrected chi connectivity index (χ3v) is 2.20. The molecule has 0 bridgehead atoms. The molecule has 0 saturated carbocycles. The first-order valence-corrected chi connectivity index (χ1v) is 4.36. The summed E-state index contributed by atoms with van der Waals surface area (Å²) in [4.78, 5) is 9.76. The van der Waals surface area contributed by atoms with Gasteiger partial charge in [-0.2, -0.15) is 0 Å². The number of nitrogens with zero attached hydrogens (tertiary/aromatic N) is 1. The van der Waals surface area contributed by atoms with Crippen molar-refractivity contribution >= 4 is 5.69 Å². The molecule has 0 aliphatic carbocycles. The predicted molar refractivity (Wildman–Crippen MR) is 52.4 cm³/mol. The maximum atomic E-state index is 12.4. The molecular weight excluding hydrogens is 222 g/mol. The highest BCUT2D eigenvalue weighted by Crippen LogP contribution is 2.36. The highest BCUT2D eigenvalue weighted by Gasteiger charge is 2.30. The molecule has 3 N–H and O–H groups in total. The number of hydrogen-bond donors (Lipinski definition) is 2. The Bertz CT molecular complexity index is 423. The average Bonchev–Trinajstić information content (AvgIpc) is 2.20. The smallest absolute Gasteiger partial charge is 0.278 e. The zero-order chi connectivity index (χ0) is 12.5. The van der Waals surface area contributed by atoms with Crippen molar-refractivity contribution in [1.29, 1.82) is 0 Å². The van der Waals surface area contributed by atoms with E-state index in [4.69, 9.17) is 5.73 Å². The van der Waals surface area contributed by atoms with Crippen LogP contribution in [-0.2, 0) is 0 Å². The summed E-state index contributed by atoms with van der Waals surface area (Å²) in [5.41, 5.74) is 4.26. The standard InChI is InChI=1S/C9H10F2N2O3/c1-4-2-3-5(13(15)16)6(8(4)14)7(12)9(10)11/h2-3,7,9,14H,12H2,1H3/t7-/m1/s1. The number of phenols is 1. The van der Waals surface area contributed by atoms with Crippen LogP contribution in [0, 0.1) is 17.0 Å². The molecule has 1 rings (SSSR count). The number of halogens is 2. The van der Waals surface area contributed by atoms with Crippen molar-refractivity contribution in [3.63, 3.8) is 0 Å². The summed E-state index contributed by atoms with van der Waals surface area (Å²) < 4.78 is 24.8. The minimum atomic E-state index is -2.98. The highest BCUT2D eigenvalue weighted by atomic mass is 19.3. The van der Waals surface area contributed by atoms with E-state index >= 15 is 0 Å². The van der Waals surface area contributed by atoms with E-state index < -0.39 is 34.4 Å². The average molecular weight is 232 g/mol. The Morgan fingerprint density at radius 3 is 2.50 bits per heavy atom. The van der Waals surface area contributed by atoms with Gasteiger partial charge < -0.3 is 10.8 Å². The van der Waals surface area contributed by atoms with Crippen LogP contribution in [0.5, 0.6) is 5.75 Å². The van der Waals surface area contributed by atoms with E-state index in [-0.39, 0.29) is 5.56 Å². The molecule has 1 aromatic rings. The summed E-state index contributed by atoms with van der Waals surface area (Å²) in [6, 6.07) is 0.446. The second kappa shape index (κ2) is 4.40. The van der Waals surface area contributed by atoms with Gasteiger partial charge in [0.1, 0.15) is 11.8 Å². The maximum Gasteiger partial charge on any atom is 0.278 e. The number of aryl methyl sites for hydroxylation is 1. The van der Waals surface area contributed by atoms with E-state index in [1.54, 1.807) is 0 Å². The Hall–Kier alpha value is -1.76. The summed E-state index contributed by atoms with van der Waals surface area (Å²) in [6.07, 6.45) is -2.98. The summed E-state index contributed by atoms with van der Waals surface area (Å²) >= 11 is 0. The summed E-state index contributed by atoms with van der Waals surface area (Å²) in [6.45, 7) is 1.45. The van der Waals surface area contributed by atoms with Crippen molar-refractivity contribution in [2.24, 2.45) is 5.73 Å². The maximum absolute atomic E-state index is 12.4. The summed E-state index contributed by atoms with van der Waals surface area (Å²) in [7, 11) is 0. The van der Waals surface area contributed by atoms with Gasteiger partial charge in [-0.15, -0.1) is 0 Å². The molecule has 1 atom stereocenters. The molecule has 88 valence electrons. The minimum absolute atomic E-state index is 0.261. The van der Waals surface area contributed by atoms with Crippen LogP contribution >= 0.6 is 0 Å². The monoisotopic (exact) mass is 232 g/mol. The van der Waals surface area contributed by atoms with E-state index in [2.05, 4.69) is 0 Å². The number of hydrogen-bond acceptors (Lipinski definition) is 4. The van der Waals surface area contributed by atoms with E-state index in [0.717, 1.165) is 6.07 Å². The van der Waals surface area contributed by atoms with Gasteiger partial charge in [-0.1, -0.05) is 0 Å². The fourth-order valence-corrected chi connectivity index (χ4v) is 1.32. The first kappa shape index (κ1) is 12.3. The van der Waals surface area contributed by atoms with Crippen LogP contribution in [0.3, 0.4) is 0 Å². The number of benzene rings is 1. The van der Waals surface area contributed by atoms with Crippen molar-refractivity contribution in [2.75, 3.05) is 0 Å². The van der Waals surface area contributed by atoms with Crippen LogP contribution in [0.15, 0.2) is 12.1 Å². The number of nitro groups is 1. The van der Waals surface area contributed by atoms with Gasteiger partial charge in [-0.25, -0.2) is 8.78 Å². The molecule has 5 nitrogen and oxygen atoms in total. The quantitative estimate of drug-likeness (QED) is 0.615. The number of nitro benzene ring substituents is 1. The van der Waals surface area contributed by atoms with Gasteiger partial charge in [0.05, 0.1) is 10.5 Å².